The smallest absolute Gasteiger partial charge is 0.316 e. The molecule has 4 heteroatoms. The first-order chi connectivity index (χ1) is 9.72. The minimum atomic E-state index is -0.671. The number of hydrogen-bond acceptors (Lipinski definition) is 3. The third-order valence-corrected chi connectivity index (χ3v) is 6.05. The Balaban J connectivity index is 1.64. The lowest BCUT2D eigenvalue weighted by Crippen LogP contribution is -2.50. The van der Waals surface area contributed by atoms with E-state index in [-0.39, 0.29) is 5.25 Å². The lowest BCUT2D eigenvalue weighted by molar-refractivity contribution is -0.136. The van der Waals surface area contributed by atoms with Crippen LogP contribution in [0.3, 0.4) is 0 Å². The zero-order valence-corrected chi connectivity index (χ0v) is 12.4. The van der Waals surface area contributed by atoms with E-state index >= 15 is 0 Å². The number of rotatable bonds is 5. The predicted molar refractivity (Wildman–Crippen MR) is 82.1 cm³/mol. The van der Waals surface area contributed by atoms with E-state index in [1.165, 1.54) is 25.9 Å². The molecule has 4 rings (SSSR count). The molecule has 3 nitrogen and oxygen atoms in total. The number of piperidine rings is 3. The summed E-state index contributed by atoms with van der Waals surface area (Å²) in [5.74, 6) is 0.0536. The van der Waals surface area contributed by atoms with Gasteiger partial charge in [0.15, 0.2) is 0 Å². The Morgan fingerprint density at radius 1 is 1.30 bits per heavy atom. The van der Waals surface area contributed by atoms with Crippen LogP contribution in [-0.4, -0.2) is 46.1 Å². The molecule has 3 saturated heterocycles. The molecule has 0 aliphatic carbocycles. The van der Waals surface area contributed by atoms with E-state index in [1.807, 2.05) is 30.3 Å². The van der Waals surface area contributed by atoms with E-state index in [1.54, 1.807) is 11.8 Å². The van der Waals surface area contributed by atoms with Crippen LogP contribution >= 0.6 is 11.8 Å². The predicted octanol–water partition coefficient (Wildman–Crippen LogP) is 2.51. The number of benzene rings is 1. The fraction of sp³-hybridized carbons (Fsp3) is 0.562. The van der Waals surface area contributed by atoms with Gasteiger partial charge in [0.25, 0.3) is 0 Å². The number of carboxylic acid groups (broad SMARTS) is 1. The fourth-order valence-corrected chi connectivity index (χ4v) is 4.92. The van der Waals surface area contributed by atoms with Crippen molar-refractivity contribution in [1.29, 1.82) is 0 Å². The molecule has 2 atom stereocenters. The van der Waals surface area contributed by atoms with Crippen LogP contribution in [0.1, 0.15) is 18.4 Å². The lowest BCUT2D eigenvalue weighted by atomic mass is 9.88. The quantitative estimate of drug-likeness (QED) is 0.905. The van der Waals surface area contributed by atoms with Crippen LogP contribution in [0.25, 0.3) is 0 Å². The Hall–Kier alpha value is -1.00. The topological polar surface area (TPSA) is 40.5 Å². The normalized spacial score (nSPS) is 30.1. The second kappa shape index (κ2) is 6.19. The third kappa shape index (κ3) is 3.18. The van der Waals surface area contributed by atoms with Crippen molar-refractivity contribution < 1.29 is 9.90 Å². The number of aliphatic carboxylic acids is 1. The van der Waals surface area contributed by atoms with Crippen LogP contribution in [0.2, 0.25) is 0 Å². The standard InChI is InChI=1S/C16H21NO2S/c18-16(19)14(10-12-4-2-1-3-5-12)20-15-11-17-8-6-13(15)7-9-17/h1-5,13-15H,6-11H2,(H,18,19). The molecule has 1 aromatic carbocycles. The van der Waals surface area contributed by atoms with Gasteiger partial charge in [-0.05, 0) is 43.8 Å². The van der Waals surface area contributed by atoms with Gasteiger partial charge in [-0.2, -0.15) is 0 Å². The van der Waals surface area contributed by atoms with E-state index < -0.39 is 5.97 Å². The van der Waals surface area contributed by atoms with Crippen molar-refractivity contribution in [3.8, 4) is 0 Å². The summed E-state index contributed by atoms with van der Waals surface area (Å²) in [6, 6.07) is 9.97. The molecule has 0 saturated carbocycles. The summed E-state index contributed by atoms with van der Waals surface area (Å²) in [5.41, 5.74) is 1.12. The van der Waals surface area contributed by atoms with Gasteiger partial charge in [-0.1, -0.05) is 30.3 Å². The van der Waals surface area contributed by atoms with Crippen LogP contribution in [-0.2, 0) is 11.2 Å². The summed E-state index contributed by atoms with van der Waals surface area (Å²) < 4.78 is 0. The molecule has 1 N–H and O–H groups in total. The molecule has 3 heterocycles. The van der Waals surface area contributed by atoms with Crippen LogP contribution in [0.4, 0.5) is 0 Å². The van der Waals surface area contributed by atoms with Crippen molar-refractivity contribution in [3.05, 3.63) is 35.9 Å². The highest BCUT2D eigenvalue weighted by Crippen LogP contribution is 2.37. The average molecular weight is 291 g/mol. The highest BCUT2D eigenvalue weighted by atomic mass is 32.2. The number of carboxylic acids is 1. The molecule has 2 bridgehead atoms. The maximum atomic E-state index is 11.5. The maximum absolute atomic E-state index is 11.5. The van der Waals surface area contributed by atoms with Crippen molar-refractivity contribution >= 4 is 17.7 Å². The monoisotopic (exact) mass is 291 g/mol. The summed E-state index contributed by atoms with van der Waals surface area (Å²) >= 11 is 1.69. The average Bonchev–Trinajstić information content (AvgIpc) is 2.49. The summed E-state index contributed by atoms with van der Waals surface area (Å²) in [4.78, 5) is 14.0. The first-order valence-electron chi connectivity index (χ1n) is 7.37. The van der Waals surface area contributed by atoms with Crippen LogP contribution in [0, 0.1) is 5.92 Å². The molecular formula is C16H21NO2S. The highest BCUT2D eigenvalue weighted by molar-refractivity contribution is 8.01. The number of fused-ring (bicyclic) bond motifs is 3. The molecule has 0 aromatic heterocycles. The molecule has 108 valence electrons. The zero-order valence-electron chi connectivity index (χ0n) is 11.6. The molecular weight excluding hydrogens is 270 g/mol. The van der Waals surface area contributed by atoms with Crippen molar-refractivity contribution in [1.82, 2.24) is 4.90 Å². The van der Waals surface area contributed by atoms with Crippen LogP contribution < -0.4 is 0 Å². The summed E-state index contributed by atoms with van der Waals surface area (Å²) in [7, 11) is 0. The zero-order chi connectivity index (χ0) is 13.9. The largest absolute Gasteiger partial charge is 0.480 e. The van der Waals surface area contributed by atoms with E-state index in [4.69, 9.17) is 0 Å². The van der Waals surface area contributed by atoms with Gasteiger partial charge in [-0.3, -0.25) is 4.79 Å². The van der Waals surface area contributed by atoms with E-state index in [0.717, 1.165) is 18.0 Å². The molecule has 3 fully saturated rings. The van der Waals surface area contributed by atoms with Gasteiger partial charge in [0.05, 0.1) is 0 Å². The second-order valence-electron chi connectivity index (χ2n) is 5.83. The number of nitrogens with zero attached hydrogens (tertiary/aromatic N) is 1. The van der Waals surface area contributed by atoms with Crippen molar-refractivity contribution in [2.45, 2.75) is 29.8 Å². The second-order valence-corrected chi connectivity index (χ2v) is 7.28. The minimum Gasteiger partial charge on any atom is -0.480 e. The molecule has 20 heavy (non-hydrogen) atoms. The van der Waals surface area contributed by atoms with Gasteiger partial charge in [-0.25, -0.2) is 0 Å². The number of carbonyl (C=O) groups is 1. The number of thioether (sulfide) groups is 1. The van der Waals surface area contributed by atoms with Crippen LogP contribution in [0.5, 0.6) is 0 Å². The molecule has 2 unspecified atom stereocenters. The Bertz CT molecular complexity index is 457. The van der Waals surface area contributed by atoms with Gasteiger partial charge < -0.3 is 10.0 Å². The van der Waals surface area contributed by atoms with Crippen molar-refractivity contribution in [3.63, 3.8) is 0 Å². The van der Waals surface area contributed by atoms with Gasteiger partial charge >= 0.3 is 5.97 Å². The molecule has 1 aromatic rings. The fourth-order valence-electron chi connectivity index (χ4n) is 3.30. The SMILES string of the molecule is O=C(O)C(Cc1ccccc1)SC1CN2CCC1CC2. The van der Waals surface area contributed by atoms with Gasteiger partial charge in [-0.15, -0.1) is 11.8 Å². The molecule has 0 spiro atoms. The van der Waals surface area contributed by atoms with Crippen molar-refractivity contribution in [2.24, 2.45) is 5.92 Å². The van der Waals surface area contributed by atoms with Gasteiger partial charge in [0.2, 0.25) is 0 Å². The Labute approximate surface area is 124 Å². The van der Waals surface area contributed by atoms with E-state index in [2.05, 4.69) is 4.90 Å². The Morgan fingerprint density at radius 2 is 2.00 bits per heavy atom. The van der Waals surface area contributed by atoms with Gasteiger partial charge in [0.1, 0.15) is 5.25 Å². The Kier molecular flexibility index (Phi) is 4.32. The summed E-state index contributed by atoms with van der Waals surface area (Å²) in [6.07, 6.45) is 3.12. The summed E-state index contributed by atoms with van der Waals surface area (Å²) in [6.45, 7) is 3.49. The first-order valence-corrected chi connectivity index (χ1v) is 8.31. The van der Waals surface area contributed by atoms with Crippen LogP contribution in [0.15, 0.2) is 30.3 Å². The maximum Gasteiger partial charge on any atom is 0.316 e. The first kappa shape index (κ1) is 14.0. The summed E-state index contributed by atoms with van der Waals surface area (Å²) in [5, 5.41) is 9.69. The third-order valence-electron chi connectivity index (χ3n) is 4.47. The number of hydrogen-bond donors (Lipinski definition) is 1. The lowest BCUT2D eigenvalue weighted by Gasteiger charge is -2.45. The molecule has 3 aliphatic heterocycles. The van der Waals surface area contributed by atoms with Gasteiger partial charge in [0, 0.05) is 11.8 Å². The highest BCUT2D eigenvalue weighted by Gasteiger charge is 2.37. The molecule has 3 aliphatic rings. The molecule has 0 radical (unpaired) electrons. The van der Waals surface area contributed by atoms with Crippen molar-refractivity contribution in [2.75, 3.05) is 19.6 Å². The molecule has 0 amide bonds. The van der Waals surface area contributed by atoms with E-state index in [9.17, 15) is 9.90 Å². The Morgan fingerprint density at radius 3 is 2.55 bits per heavy atom. The minimum absolute atomic E-state index is 0.317. The van der Waals surface area contributed by atoms with E-state index in [0.29, 0.717) is 11.7 Å².